The number of nitrogens with zero attached hydrogens (tertiary/aromatic N) is 1. The average Bonchev–Trinajstić information content (AvgIpc) is 2.86. The standard InChI is InChI=1S/C21H20BrFN2O3/c1-11(2)24-20(27)9-15-12(3)25(18-10-17(23)19(26)8-16(15)18)21(28)13-4-6-14(22)7-5-13/h4-8,10-11,26H,9H2,1-3H3,(H,24,27). The van der Waals surface area contributed by atoms with Crippen molar-refractivity contribution >= 4 is 38.6 Å². The Kier molecular flexibility index (Phi) is 5.56. The fourth-order valence-corrected chi connectivity index (χ4v) is 3.49. The largest absolute Gasteiger partial charge is 0.505 e. The molecule has 0 atom stereocenters. The molecule has 0 radical (unpaired) electrons. The van der Waals surface area contributed by atoms with Crippen molar-refractivity contribution in [3.05, 3.63) is 63.5 Å². The summed E-state index contributed by atoms with van der Waals surface area (Å²) in [6.07, 6.45) is 0.0200. The van der Waals surface area contributed by atoms with Gasteiger partial charge in [-0.05, 0) is 56.7 Å². The fourth-order valence-electron chi connectivity index (χ4n) is 3.23. The molecule has 1 amide bonds. The van der Waals surface area contributed by atoms with Gasteiger partial charge in [0.25, 0.3) is 5.91 Å². The summed E-state index contributed by atoms with van der Waals surface area (Å²) in [5, 5.41) is 13.1. The Balaban J connectivity index is 2.18. The second-order valence-electron chi connectivity index (χ2n) is 6.93. The number of aromatic hydroxyl groups is 1. The van der Waals surface area contributed by atoms with Crippen molar-refractivity contribution < 1.29 is 19.1 Å². The Bertz CT molecular complexity index is 1070. The molecule has 0 unspecified atom stereocenters. The van der Waals surface area contributed by atoms with Crippen LogP contribution in [0.4, 0.5) is 4.39 Å². The van der Waals surface area contributed by atoms with Gasteiger partial charge in [0.05, 0.1) is 11.9 Å². The average molecular weight is 447 g/mol. The third kappa shape index (κ3) is 3.80. The third-order valence-electron chi connectivity index (χ3n) is 4.48. The van der Waals surface area contributed by atoms with E-state index in [4.69, 9.17) is 0 Å². The number of carbonyl (C=O) groups excluding carboxylic acids is 2. The lowest BCUT2D eigenvalue weighted by molar-refractivity contribution is -0.120. The van der Waals surface area contributed by atoms with Crippen molar-refractivity contribution in [1.29, 1.82) is 0 Å². The van der Waals surface area contributed by atoms with Crippen LogP contribution in [0.5, 0.6) is 5.75 Å². The number of hydrogen-bond donors (Lipinski definition) is 2. The van der Waals surface area contributed by atoms with Crippen LogP contribution in [0.1, 0.15) is 35.5 Å². The second kappa shape index (κ2) is 7.75. The van der Waals surface area contributed by atoms with Gasteiger partial charge >= 0.3 is 0 Å². The predicted octanol–water partition coefficient (Wildman–Crippen LogP) is 4.31. The lowest BCUT2D eigenvalue weighted by Crippen LogP contribution is -2.31. The van der Waals surface area contributed by atoms with Crippen molar-refractivity contribution in [1.82, 2.24) is 9.88 Å². The Hall–Kier alpha value is -2.67. The predicted molar refractivity (Wildman–Crippen MR) is 109 cm³/mol. The van der Waals surface area contributed by atoms with Crippen LogP contribution in [0.25, 0.3) is 10.9 Å². The van der Waals surface area contributed by atoms with Crippen molar-refractivity contribution in [2.45, 2.75) is 33.2 Å². The summed E-state index contributed by atoms with van der Waals surface area (Å²) in [7, 11) is 0. The SMILES string of the molecule is Cc1c(CC(=O)NC(C)C)c2cc(O)c(F)cc2n1C(=O)c1ccc(Br)cc1. The lowest BCUT2D eigenvalue weighted by atomic mass is 10.1. The highest BCUT2D eigenvalue weighted by atomic mass is 79.9. The summed E-state index contributed by atoms with van der Waals surface area (Å²) in [4.78, 5) is 25.4. The number of fused-ring (bicyclic) bond motifs is 1. The zero-order chi connectivity index (χ0) is 20.6. The summed E-state index contributed by atoms with van der Waals surface area (Å²) in [6.45, 7) is 5.42. The number of rotatable bonds is 4. The van der Waals surface area contributed by atoms with Gasteiger partial charge in [0.15, 0.2) is 11.6 Å². The number of benzene rings is 2. The van der Waals surface area contributed by atoms with E-state index in [1.165, 1.54) is 10.6 Å². The molecule has 0 bridgehead atoms. The summed E-state index contributed by atoms with van der Waals surface area (Å²) in [5.41, 5.74) is 1.85. The maximum absolute atomic E-state index is 14.1. The first-order chi connectivity index (χ1) is 13.2. The van der Waals surface area contributed by atoms with Crippen LogP contribution in [-0.2, 0) is 11.2 Å². The van der Waals surface area contributed by atoms with Crippen molar-refractivity contribution in [3.8, 4) is 5.75 Å². The number of hydrogen-bond acceptors (Lipinski definition) is 3. The minimum Gasteiger partial charge on any atom is -0.505 e. The Labute approximate surface area is 170 Å². The van der Waals surface area contributed by atoms with Crippen LogP contribution in [0.15, 0.2) is 40.9 Å². The Morgan fingerprint density at radius 3 is 2.46 bits per heavy atom. The topological polar surface area (TPSA) is 71.3 Å². The van der Waals surface area contributed by atoms with Crippen molar-refractivity contribution in [3.63, 3.8) is 0 Å². The molecular weight excluding hydrogens is 427 g/mol. The molecule has 3 rings (SSSR count). The summed E-state index contributed by atoms with van der Waals surface area (Å²) in [6, 6.07) is 9.18. The van der Waals surface area contributed by atoms with Crippen LogP contribution in [0.3, 0.4) is 0 Å². The molecule has 2 N–H and O–H groups in total. The maximum atomic E-state index is 14.1. The minimum absolute atomic E-state index is 0.0200. The van der Waals surface area contributed by atoms with Gasteiger partial charge in [-0.15, -0.1) is 0 Å². The lowest BCUT2D eigenvalue weighted by Gasteiger charge is -2.09. The number of carbonyl (C=O) groups is 2. The zero-order valence-electron chi connectivity index (χ0n) is 15.7. The zero-order valence-corrected chi connectivity index (χ0v) is 17.3. The van der Waals surface area contributed by atoms with Gasteiger partial charge in [0.1, 0.15) is 0 Å². The van der Waals surface area contributed by atoms with Gasteiger partial charge in [-0.2, -0.15) is 0 Å². The molecule has 1 heterocycles. The Morgan fingerprint density at radius 2 is 1.86 bits per heavy atom. The first-order valence-corrected chi connectivity index (χ1v) is 9.60. The number of aromatic nitrogens is 1. The highest BCUT2D eigenvalue weighted by Crippen LogP contribution is 2.32. The second-order valence-corrected chi connectivity index (χ2v) is 7.85. The molecule has 0 aliphatic heterocycles. The molecule has 2 aromatic carbocycles. The van der Waals surface area contributed by atoms with E-state index in [1.54, 1.807) is 31.2 Å². The molecule has 0 saturated heterocycles. The molecule has 1 aromatic heterocycles. The normalized spacial score (nSPS) is 11.2. The van der Waals surface area contributed by atoms with E-state index in [-0.39, 0.29) is 24.3 Å². The van der Waals surface area contributed by atoms with E-state index >= 15 is 0 Å². The molecule has 0 aliphatic carbocycles. The molecule has 0 spiro atoms. The summed E-state index contributed by atoms with van der Waals surface area (Å²) >= 11 is 3.33. The van der Waals surface area contributed by atoms with Gasteiger partial charge in [-0.3, -0.25) is 14.2 Å². The Morgan fingerprint density at radius 1 is 1.21 bits per heavy atom. The van der Waals surface area contributed by atoms with E-state index < -0.39 is 11.6 Å². The maximum Gasteiger partial charge on any atom is 0.262 e. The van der Waals surface area contributed by atoms with Gasteiger partial charge < -0.3 is 10.4 Å². The monoisotopic (exact) mass is 446 g/mol. The molecule has 28 heavy (non-hydrogen) atoms. The van der Waals surface area contributed by atoms with Gasteiger partial charge in [0, 0.05) is 33.2 Å². The molecule has 0 saturated carbocycles. The van der Waals surface area contributed by atoms with E-state index in [2.05, 4.69) is 21.2 Å². The quantitative estimate of drug-likeness (QED) is 0.626. The van der Waals surface area contributed by atoms with E-state index in [0.717, 1.165) is 10.5 Å². The van der Waals surface area contributed by atoms with Crippen LogP contribution in [0.2, 0.25) is 0 Å². The van der Waals surface area contributed by atoms with Gasteiger partial charge in [-0.25, -0.2) is 4.39 Å². The molecule has 0 fully saturated rings. The summed E-state index contributed by atoms with van der Waals surface area (Å²) < 4.78 is 16.3. The van der Waals surface area contributed by atoms with Crippen LogP contribution in [0, 0.1) is 12.7 Å². The smallest absolute Gasteiger partial charge is 0.262 e. The molecular formula is C21H20BrFN2O3. The minimum atomic E-state index is -0.826. The highest BCUT2D eigenvalue weighted by molar-refractivity contribution is 9.10. The molecule has 146 valence electrons. The number of halogens is 2. The number of phenolic OH excluding ortho intramolecular Hbond substituents is 1. The van der Waals surface area contributed by atoms with Crippen LogP contribution >= 0.6 is 15.9 Å². The molecule has 5 nitrogen and oxygen atoms in total. The van der Waals surface area contributed by atoms with Crippen molar-refractivity contribution in [2.75, 3.05) is 0 Å². The fraction of sp³-hybridized carbons (Fsp3) is 0.238. The molecule has 7 heteroatoms. The first-order valence-electron chi connectivity index (χ1n) is 8.81. The van der Waals surface area contributed by atoms with Crippen LogP contribution < -0.4 is 5.32 Å². The summed E-state index contributed by atoms with van der Waals surface area (Å²) in [5.74, 6) is -1.90. The number of amides is 1. The number of nitrogens with one attached hydrogen (secondary N) is 1. The third-order valence-corrected chi connectivity index (χ3v) is 5.01. The number of phenols is 1. The van der Waals surface area contributed by atoms with Crippen LogP contribution in [-0.4, -0.2) is 27.5 Å². The van der Waals surface area contributed by atoms with Gasteiger partial charge in [0.2, 0.25) is 5.91 Å². The van der Waals surface area contributed by atoms with E-state index in [0.29, 0.717) is 27.7 Å². The first kappa shape index (κ1) is 20.1. The van der Waals surface area contributed by atoms with E-state index in [9.17, 15) is 19.1 Å². The van der Waals surface area contributed by atoms with Gasteiger partial charge in [-0.1, -0.05) is 15.9 Å². The highest BCUT2D eigenvalue weighted by Gasteiger charge is 2.23. The molecule has 3 aromatic rings. The molecule has 0 aliphatic rings. The van der Waals surface area contributed by atoms with Crippen molar-refractivity contribution in [2.24, 2.45) is 0 Å². The van der Waals surface area contributed by atoms with E-state index in [1.807, 2.05) is 13.8 Å².